The zero-order valence-corrected chi connectivity index (χ0v) is 4.64. The molecule has 2 heteroatoms. The van der Waals surface area contributed by atoms with E-state index in [2.05, 4.69) is 15.9 Å². The van der Waals surface area contributed by atoms with E-state index in [1.807, 2.05) is 6.92 Å². The summed E-state index contributed by atoms with van der Waals surface area (Å²) in [6.45, 7) is 2.01. The molecule has 0 spiro atoms. The Hall–Kier alpha value is -0.750. The maximum atomic E-state index is 4.33. The van der Waals surface area contributed by atoms with Gasteiger partial charge in [-0.25, -0.2) is 0 Å². The number of hydrogen-bond donors (Lipinski definition) is 0. The van der Waals surface area contributed by atoms with Gasteiger partial charge in [0, 0.05) is 5.87 Å². The molecule has 0 aromatic heterocycles. The van der Waals surface area contributed by atoms with E-state index >= 15 is 0 Å². The van der Waals surface area contributed by atoms with Crippen molar-refractivity contribution in [2.24, 2.45) is 5.16 Å². The van der Waals surface area contributed by atoms with Crippen molar-refractivity contribution in [3.63, 3.8) is 0 Å². The van der Waals surface area contributed by atoms with Crippen molar-refractivity contribution >= 4 is 5.87 Å². The molecule has 0 aliphatic rings. The molecule has 0 aromatic carbocycles. The number of allylic oxidation sites excluding steroid dienone is 1. The Morgan fingerprint density at radius 3 is 3.00 bits per heavy atom. The van der Waals surface area contributed by atoms with Gasteiger partial charge in [-0.3, -0.25) is 0 Å². The molecular formula is C5H9NO. The lowest BCUT2D eigenvalue weighted by molar-refractivity contribution is 0.216. The van der Waals surface area contributed by atoms with Crippen LogP contribution in [-0.2, 0) is 4.84 Å². The summed E-state index contributed by atoms with van der Waals surface area (Å²) in [5, 5.41) is 3.36. The van der Waals surface area contributed by atoms with E-state index in [1.54, 1.807) is 6.08 Å². The van der Waals surface area contributed by atoms with Crippen LogP contribution in [0, 0.1) is 0 Å². The normalized spacial score (nSPS) is 6.57. The molecule has 40 valence electrons. The summed E-state index contributed by atoms with van der Waals surface area (Å²) >= 11 is 0. The van der Waals surface area contributed by atoms with Gasteiger partial charge in [0.05, 0.1) is 0 Å². The van der Waals surface area contributed by atoms with Crippen LogP contribution in [0.3, 0.4) is 0 Å². The Morgan fingerprint density at radius 2 is 2.57 bits per heavy atom. The average molecular weight is 99.1 g/mol. The molecule has 2 nitrogen and oxygen atoms in total. The molecule has 7 heavy (non-hydrogen) atoms. The van der Waals surface area contributed by atoms with E-state index in [4.69, 9.17) is 0 Å². The maximum absolute atomic E-state index is 4.33. The first-order valence-electron chi connectivity index (χ1n) is 2.22. The lowest BCUT2D eigenvalue weighted by Gasteiger charge is -1.73. The Balaban J connectivity index is 3.21. The first kappa shape index (κ1) is 6.25. The molecule has 0 N–H and O–H groups in total. The van der Waals surface area contributed by atoms with Crippen molar-refractivity contribution in [1.82, 2.24) is 0 Å². The standard InChI is InChI=1S/C5H9NO/c1-3-4-5-6-7-2/h4H,3H2,1-2H3. The maximum Gasteiger partial charge on any atom is 0.107 e. The van der Waals surface area contributed by atoms with Crippen LogP contribution < -0.4 is 0 Å². The van der Waals surface area contributed by atoms with Crippen LogP contribution in [0.2, 0.25) is 0 Å². The second-order valence-electron chi connectivity index (χ2n) is 1.02. The van der Waals surface area contributed by atoms with Crippen LogP contribution in [0.5, 0.6) is 0 Å². The largest absolute Gasteiger partial charge is 0.392 e. The lowest BCUT2D eigenvalue weighted by atomic mass is 10.5. The minimum absolute atomic E-state index is 0.951. The molecule has 0 atom stereocenters. The molecule has 0 aromatic rings. The quantitative estimate of drug-likeness (QED) is 0.376. The summed E-state index contributed by atoms with van der Waals surface area (Å²) in [5.41, 5.74) is 0. The van der Waals surface area contributed by atoms with Gasteiger partial charge in [-0.05, 0) is 17.7 Å². The predicted molar refractivity (Wildman–Crippen MR) is 29.3 cm³/mol. The predicted octanol–water partition coefficient (Wildman–Crippen LogP) is 1.18. The first-order chi connectivity index (χ1) is 3.41. The zero-order chi connectivity index (χ0) is 5.54. The highest BCUT2D eigenvalue weighted by atomic mass is 16.6. The van der Waals surface area contributed by atoms with Gasteiger partial charge in [-0.1, -0.05) is 6.92 Å². The molecule has 0 unspecified atom stereocenters. The van der Waals surface area contributed by atoms with E-state index in [0.717, 1.165) is 6.42 Å². The van der Waals surface area contributed by atoms with Crippen LogP contribution in [0.15, 0.2) is 11.2 Å². The van der Waals surface area contributed by atoms with Crippen LogP contribution >= 0.6 is 0 Å². The summed E-state index contributed by atoms with van der Waals surface area (Å²) in [6, 6.07) is 0. The monoisotopic (exact) mass is 99.1 g/mol. The fourth-order valence-electron chi connectivity index (χ4n) is 0.181. The Bertz CT molecular complexity index is 74.1. The topological polar surface area (TPSA) is 21.6 Å². The summed E-state index contributed by atoms with van der Waals surface area (Å²) in [4.78, 5) is 4.33. The number of rotatable bonds is 2. The second kappa shape index (κ2) is 5.25. The van der Waals surface area contributed by atoms with Crippen molar-refractivity contribution in [2.45, 2.75) is 13.3 Å². The molecule has 0 saturated heterocycles. The highest BCUT2D eigenvalue weighted by Crippen LogP contribution is 1.69. The third-order valence-corrected chi connectivity index (χ3v) is 0.439. The highest BCUT2D eigenvalue weighted by Gasteiger charge is 1.56. The van der Waals surface area contributed by atoms with Crippen molar-refractivity contribution < 1.29 is 4.84 Å². The molecule has 0 amide bonds. The van der Waals surface area contributed by atoms with Gasteiger partial charge in [-0.2, -0.15) is 0 Å². The van der Waals surface area contributed by atoms with E-state index < -0.39 is 0 Å². The SMILES string of the molecule is CCC=C=NOC. The fourth-order valence-corrected chi connectivity index (χ4v) is 0.181. The molecule has 0 radical (unpaired) electrons. The van der Waals surface area contributed by atoms with Crippen molar-refractivity contribution in [3.05, 3.63) is 6.08 Å². The number of hydrogen-bond acceptors (Lipinski definition) is 2. The van der Waals surface area contributed by atoms with Crippen LogP contribution in [0.4, 0.5) is 0 Å². The summed E-state index contributed by atoms with van der Waals surface area (Å²) < 4.78 is 0. The van der Waals surface area contributed by atoms with Gasteiger partial charge in [0.2, 0.25) is 0 Å². The minimum Gasteiger partial charge on any atom is -0.392 e. The molecule has 0 bridgehead atoms. The Labute approximate surface area is 43.5 Å². The molecular weight excluding hydrogens is 90.1 g/mol. The van der Waals surface area contributed by atoms with Crippen LogP contribution in [0.25, 0.3) is 0 Å². The molecule has 0 aliphatic carbocycles. The van der Waals surface area contributed by atoms with Gasteiger partial charge in [0.1, 0.15) is 7.11 Å². The van der Waals surface area contributed by atoms with E-state index in [1.165, 1.54) is 7.11 Å². The van der Waals surface area contributed by atoms with Gasteiger partial charge in [0.25, 0.3) is 0 Å². The van der Waals surface area contributed by atoms with Gasteiger partial charge in [0.15, 0.2) is 0 Å². The van der Waals surface area contributed by atoms with E-state index in [0.29, 0.717) is 0 Å². The summed E-state index contributed by atoms with van der Waals surface area (Å²) in [7, 11) is 1.50. The first-order valence-corrected chi connectivity index (χ1v) is 2.22. The average Bonchev–Trinajstić information content (AvgIpc) is 1.69. The molecule has 0 fully saturated rings. The molecule has 0 aliphatic heterocycles. The summed E-state index contributed by atoms with van der Waals surface area (Å²) in [6.07, 6.45) is 2.75. The molecule has 0 saturated carbocycles. The van der Waals surface area contributed by atoms with Gasteiger partial charge in [-0.15, -0.1) is 0 Å². The minimum atomic E-state index is 0.951. The van der Waals surface area contributed by atoms with E-state index in [9.17, 15) is 0 Å². The third kappa shape index (κ3) is 5.25. The number of nitrogens with zero attached hydrogens (tertiary/aromatic N) is 1. The molecule has 0 rings (SSSR count). The van der Waals surface area contributed by atoms with Gasteiger partial charge >= 0.3 is 0 Å². The Morgan fingerprint density at radius 1 is 1.86 bits per heavy atom. The van der Waals surface area contributed by atoms with Crippen LogP contribution in [-0.4, -0.2) is 13.0 Å². The fraction of sp³-hybridized carbons (Fsp3) is 0.600. The van der Waals surface area contributed by atoms with E-state index in [-0.39, 0.29) is 0 Å². The Kier molecular flexibility index (Phi) is 4.69. The second-order valence-corrected chi connectivity index (χ2v) is 1.02. The smallest absolute Gasteiger partial charge is 0.107 e. The summed E-state index contributed by atoms with van der Waals surface area (Å²) in [5.74, 6) is 2.56. The molecule has 0 heterocycles. The van der Waals surface area contributed by atoms with Crippen molar-refractivity contribution in [2.75, 3.05) is 7.11 Å². The van der Waals surface area contributed by atoms with Gasteiger partial charge < -0.3 is 4.84 Å². The van der Waals surface area contributed by atoms with Crippen molar-refractivity contribution in [3.8, 4) is 0 Å². The lowest BCUT2D eigenvalue weighted by Crippen LogP contribution is -1.62. The van der Waals surface area contributed by atoms with Crippen LogP contribution in [0.1, 0.15) is 13.3 Å². The zero-order valence-electron chi connectivity index (χ0n) is 4.64. The third-order valence-electron chi connectivity index (χ3n) is 0.439. The van der Waals surface area contributed by atoms with Crippen molar-refractivity contribution in [1.29, 1.82) is 0 Å². The highest BCUT2D eigenvalue weighted by molar-refractivity contribution is 5.50.